The van der Waals surface area contributed by atoms with Crippen molar-refractivity contribution in [2.45, 2.75) is 26.1 Å². The van der Waals surface area contributed by atoms with E-state index in [-0.39, 0.29) is 18.9 Å². The van der Waals surface area contributed by atoms with Crippen molar-refractivity contribution in [3.05, 3.63) is 54.0 Å². The van der Waals surface area contributed by atoms with E-state index in [1.807, 2.05) is 6.92 Å². The topological polar surface area (TPSA) is 58.5 Å². The molecule has 0 bridgehead atoms. The third-order valence-corrected chi connectivity index (χ3v) is 3.30. The van der Waals surface area contributed by atoms with Gasteiger partial charge in [0.05, 0.1) is 13.0 Å². The summed E-state index contributed by atoms with van der Waals surface area (Å²) in [7, 11) is 0. The Morgan fingerprint density at radius 1 is 1.15 bits per heavy atom. The van der Waals surface area contributed by atoms with E-state index in [1.165, 1.54) is 30.5 Å². The van der Waals surface area contributed by atoms with Crippen molar-refractivity contribution in [2.24, 2.45) is 4.99 Å². The van der Waals surface area contributed by atoms with Gasteiger partial charge in [-0.25, -0.2) is 14.4 Å². The molecule has 0 atom stereocenters. The molecule has 1 aromatic heterocycles. The van der Waals surface area contributed by atoms with Gasteiger partial charge >= 0.3 is 6.18 Å². The van der Waals surface area contributed by atoms with E-state index in [2.05, 4.69) is 20.6 Å². The molecule has 0 radical (unpaired) electrons. The Morgan fingerprint density at radius 2 is 1.89 bits per heavy atom. The van der Waals surface area contributed by atoms with Crippen LogP contribution in [0.4, 0.5) is 17.6 Å². The van der Waals surface area contributed by atoms with Gasteiger partial charge in [0.15, 0.2) is 5.96 Å². The number of hydrogen-bond acceptors (Lipinski definition) is 3. The van der Waals surface area contributed by atoms with Crippen LogP contribution < -0.4 is 15.4 Å². The monoisotopic (exact) mass is 384 g/mol. The van der Waals surface area contributed by atoms with Gasteiger partial charge in [0.2, 0.25) is 5.88 Å². The molecule has 27 heavy (non-hydrogen) atoms. The lowest BCUT2D eigenvalue weighted by Crippen LogP contribution is -2.38. The predicted octanol–water partition coefficient (Wildman–Crippen LogP) is 4.02. The maximum Gasteiger partial charge on any atom is 0.390 e. The molecule has 0 aliphatic carbocycles. The molecule has 2 rings (SSSR count). The first kappa shape index (κ1) is 20.5. The number of alkyl halides is 3. The van der Waals surface area contributed by atoms with Crippen molar-refractivity contribution in [3.63, 3.8) is 0 Å². The van der Waals surface area contributed by atoms with Crippen molar-refractivity contribution in [2.75, 3.05) is 13.1 Å². The summed E-state index contributed by atoms with van der Waals surface area (Å²) in [6.45, 7) is 2.31. The lowest BCUT2D eigenvalue weighted by molar-refractivity contribution is -0.132. The zero-order valence-electron chi connectivity index (χ0n) is 14.7. The van der Waals surface area contributed by atoms with Gasteiger partial charge in [0, 0.05) is 25.4 Å². The van der Waals surface area contributed by atoms with Crippen LogP contribution in [0.1, 0.15) is 18.9 Å². The number of pyridine rings is 1. The summed E-state index contributed by atoms with van der Waals surface area (Å²) in [4.78, 5) is 8.33. The molecular weight excluding hydrogens is 364 g/mol. The van der Waals surface area contributed by atoms with Gasteiger partial charge in [-0.1, -0.05) is 0 Å². The largest absolute Gasteiger partial charge is 0.439 e. The van der Waals surface area contributed by atoms with Crippen LogP contribution in [0.2, 0.25) is 0 Å². The maximum atomic E-state index is 12.9. The molecule has 0 fully saturated rings. The van der Waals surface area contributed by atoms with Crippen LogP contribution in [-0.4, -0.2) is 30.2 Å². The molecule has 146 valence electrons. The van der Waals surface area contributed by atoms with Crippen LogP contribution in [0.5, 0.6) is 11.6 Å². The first-order valence-corrected chi connectivity index (χ1v) is 8.33. The molecule has 0 saturated carbocycles. The normalized spacial score (nSPS) is 12.0. The molecule has 1 aromatic carbocycles. The Labute approximate surface area is 154 Å². The van der Waals surface area contributed by atoms with Crippen molar-refractivity contribution < 1.29 is 22.3 Å². The molecule has 2 N–H and O–H groups in total. The second-order valence-electron chi connectivity index (χ2n) is 5.55. The summed E-state index contributed by atoms with van der Waals surface area (Å²) >= 11 is 0. The van der Waals surface area contributed by atoms with Gasteiger partial charge in [0.1, 0.15) is 11.6 Å². The molecule has 2 aromatic rings. The third kappa shape index (κ3) is 7.93. The Morgan fingerprint density at radius 3 is 2.56 bits per heavy atom. The van der Waals surface area contributed by atoms with Gasteiger partial charge in [0.25, 0.3) is 0 Å². The van der Waals surface area contributed by atoms with E-state index in [0.717, 1.165) is 5.56 Å². The first-order chi connectivity index (χ1) is 12.9. The molecular formula is C18H20F4N4O. The highest BCUT2D eigenvalue weighted by molar-refractivity contribution is 5.79. The van der Waals surface area contributed by atoms with E-state index in [0.29, 0.717) is 24.1 Å². The molecule has 0 unspecified atom stereocenters. The second-order valence-corrected chi connectivity index (χ2v) is 5.55. The highest BCUT2D eigenvalue weighted by Gasteiger charge is 2.26. The number of aliphatic imine (C=N–C) groups is 1. The number of nitrogens with one attached hydrogen (secondary N) is 2. The van der Waals surface area contributed by atoms with Crippen molar-refractivity contribution in [1.29, 1.82) is 0 Å². The summed E-state index contributed by atoms with van der Waals surface area (Å²) in [5, 5.41) is 5.53. The highest BCUT2D eigenvalue weighted by Crippen LogP contribution is 2.20. The number of benzene rings is 1. The summed E-state index contributed by atoms with van der Waals surface area (Å²) in [5.74, 6) is 0.669. The average molecular weight is 384 g/mol. The number of hydrogen-bond donors (Lipinski definition) is 2. The Bertz CT molecular complexity index is 748. The van der Waals surface area contributed by atoms with E-state index in [1.54, 1.807) is 12.1 Å². The Kier molecular flexibility index (Phi) is 7.39. The summed E-state index contributed by atoms with van der Waals surface area (Å²) in [5.41, 5.74) is 0.759. The van der Waals surface area contributed by atoms with Gasteiger partial charge in [-0.05, 0) is 42.8 Å². The lowest BCUT2D eigenvalue weighted by atomic mass is 10.2. The number of rotatable bonds is 7. The van der Waals surface area contributed by atoms with Crippen molar-refractivity contribution in [1.82, 2.24) is 15.6 Å². The van der Waals surface area contributed by atoms with Crippen LogP contribution in [0.15, 0.2) is 47.6 Å². The minimum absolute atomic E-state index is 0.226. The fourth-order valence-corrected chi connectivity index (χ4v) is 2.06. The van der Waals surface area contributed by atoms with Gasteiger partial charge in [-0.15, -0.1) is 0 Å². The lowest BCUT2D eigenvalue weighted by Gasteiger charge is -2.12. The van der Waals surface area contributed by atoms with Crippen molar-refractivity contribution in [3.8, 4) is 11.6 Å². The number of guanidine groups is 1. The molecule has 0 spiro atoms. The quantitative estimate of drug-likeness (QED) is 0.430. The maximum absolute atomic E-state index is 12.9. The van der Waals surface area contributed by atoms with E-state index >= 15 is 0 Å². The summed E-state index contributed by atoms with van der Waals surface area (Å²) in [6.07, 6.45) is -3.63. The van der Waals surface area contributed by atoms with Gasteiger partial charge < -0.3 is 15.4 Å². The van der Waals surface area contributed by atoms with Crippen LogP contribution in [0.25, 0.3) is 0 Å². The highest BCUT2D eigenvalue weighted by atomic mass is 19.4. The molecule has 0 aliphatic rings. The number of nitrogens with zero attached hydrogens (tertiary/aromatic N) is 2. The summed E-state index contributed by atoms with van der Waals surface area (Å²) < 4.78 is 55.2. The molecule has 9 heteroatoms. The third-order valence-electron chi connectivity index (χ3n) is 3.30. The molecule has 0 saturated heterocycles. The fraction of sp³-hybridized carbons (Fsp3) is 0.333. The molecule has 1 heterocycles. The SMILES string of the molecule is CCNC(=NCc1ccnc(Oc2ccc(F)cc2)c1)NCCC(F)(F)F. The number of ether oxygens (including phenoxy) is 1. The first-order valence-electron chi connectivity index (χ1n) is 8.33. The molecule has 5 nitrogen and oxygen atoms in total. The smallest absolute Gasteiger partial charge is 0.390 e. The van der Waals surface area contributed by atoms with Crippen LogP contribution in [-0.2, 0) is 6.54 Å². The van der Waals surface area contributed by atoms with Crippen LogP contribution in [0.3, 0.4) is 0 Å². The van der Waals surface area contributed by atoms with E-state index in [4.69, 9.17) is 4.74 Å². The number of aromatic nitrogens is 1. The average Bonchev–Trinajstić information content (AvgIpc) is 2.61. The Balaban J connectivity index is 1.97. The van der Waals surface area contributed by atoms with Gasteiger partial charge in [-0.2, -0.15) is 13.2 Å². The van der Waals surface area contributed by atoms with Gasteiger partial charge in [-0.3, -0.25) is 0 Å². The zero-order chi connectivity index (χ0) is 19.7. The minimum atomic E-state index is -4.22. The molecule has 0 aliphatic heterocycles. The standard InChI is InChI=1S/C18H20F4N4O/c1-2-23-17(25-10-8-18(20,21)22)26-12-13-7-9-24-16(11-13)27-15-5-3-14(19)4-6-15/h3-7,9,11H,2,8,10,12H2,1H3,(H2,23,25,26). The van der Waals surface area contributed by atoms with Crippen LogP contribution in [0, 0.1) is 5.82 Å². The fourth-order valence-electron chi connectivity index (χ4n) is 2.06. The van der Waals surface area contributed by atoms with Crippen molar-refractivity contribution >= 4 is 5.96 Å². The second kappa shape index (κ2) is 9.75. The minimum Gasteiger partial charge on any atom is -0.439 e. The number of halogens is 4. The van der Waals surface area contributed by atoms with E-state index < -0.39 is 12.6 Å². The zero-order valence-corrected chi connectivity index (χ0v) is 14.7. The molecule has 0 amide bonds. The van der Waals surface area contributed by atoms with Crippen LogP contribution >= 0.6 is 0 Å². The predicted molar refractivity (Wildman–Crippen MR) is 94.2 cm³/mol. The Hall–Kier alpha value is -2.84. The van der Waals surface area contributed by atoms with E-state index in [9.17, 15) is 17.6 Å². The summed E-state index contributed by atoms with van der Waals surface area (Å²) in [6, 6.07) is 8.90.